The number of hydrogen-bond acceptors (Lipinski definition) is 2. The molecule has 0 amide bonds. The van der Waals surface area contributed by atoms with E-state index in [9.17, 15) is 4.39 Å². The molecule has 1 saturated carbocycles. The van der Waals surface area contributed by atoms with Crippen LogP contribution in [0.2, 0.25) is 0 Å². The predicted octanol–water partition coefficient (Wildman–Crippen LogP) is 2.89. The molecule has 0 heterocycles. The minimum Gasteiger partial charge on any atom is -0.496 e. The van der Waals surface area contributed by atoms with Gasteiger partial charge in [0.1, 0.15) is 11.6 Å². The first-order chi connectivity index (χ1) is 8.20. The molecule has 0 aromatic heterocycles. The van der Waals surface area contributed by atoms with E-state index < -0.39 is 0 Å². The summed E-state index contributed by atoms with van der Waals surface area (Å²) in [5, 5.41) is 0. The van der Waals surface area contributed by atoms with E-state index in [0.717, 1.165) is 30.6 Å². The summed E-state index contributed by atoms with van der Waals surface area (Å²) in [6.45, 7) is 0. The van der Waals surface area contributed by atoms with Crippen LogP contribution in [0, 0.1) is 11.7 Å². The molecule has 0 aliphatic heterocycles. The average Bonchev–Trinajstić information content (AvgIpc) is 2.72. The van der Waals surface area contributed by atoms with Crippen molar-refractivity contribution in [1.29, 1.82) is 0 Å². The smallest absolute Gasteiger partial charge is 0.123 e. The van der Waals surface area contributed by atoms with Crippen molar-refractivity contribution in [1.82, 2.24) is 0 Å². The number of aryl methyl sites for hydroxylation is 1. The van der Waals surface area contributed by atoms with Crippen LogP contribution in [0.15, 0.2) is 18.2 Å². The highest BCUT2D eigenvalue weighted by atomic mass is 19.1. The van der Waals surface area contributed by atoms with E-state index in [4.69, 9.17) is 10.5 Å². The van der Waals surface area contributed by atoms with Gasteiger partial charge < -0.3 is 10.5 Å². The summed E-state index contributed by atoms with van der Waals surface area (Å²) in [4.78, 5) is 0. The van der Waals surface area contributed by atoms with Crippen LogP contribution >= 0.6 is 0 Å². The lowest BCUT2D eigenvalue weighted by Crippen LogP contribution is -2.24. The summed E-state index contributed by atoms with van der Waals surface area (Å²) in [7, 11) is 1.62. The Morgan fingerprint density at radius 1 is 1.41 bits per heavy atom. The standard InChI is InChI=1S/C14H20FNO/c1-17-14-8-7-12(15)9-11(14)6-5-10-3-2-4-13(10)16/h7-10,13H,2-6,16H2,1H3. The van der Waals surface area contributed by atoms with Gasteiger partial charge in [0.15, 0.2) is 0 Å². The lowest BCUT2D eigenvalue weighted by molar-refractivity contribution is 0.400. The van der Waals surface area contributed by atoms with E-state index in [1.807, 2.05) is 0 Å². The number of benzene rings is 1. The first-order valence-corrected chi connectivity index (χ1v) is 6.28. The largest absolute Gasteiger partial charge is 0.496 e. The molecule has 1 aliphatic rings. The molecule has 2 N–H and O–H groups in total. The Morgan fingerprint density at radius 2 is 2.24 bits per heavy atom. The molecule has 1 aliphatic carbocycles. The maximum absolute atomic E-state index is 13.2. The van der Waals surface area contributed by atoms with E-state index in [1.54, 1.807) is 19.2 Å². The fraction of sp³-hybridized carbons (Fsp3) is 0.571. The molecule has 2 rings (SSSR count). The molecule has 94 valence electrons. The van der Waals surface area contributed by atoms with Gasteiger partial charge in [-0.05, 0) is 55.4 Å². The fourth-order valence-electron chi connectivity index (χ4n) is 2.71. The summed E-state index contributed by atoms with van der Waals surface area (Å²) in [6, 6.07) is 5.02. The molecule has 17 heavy (non-hydrogen) atoms. The van der Waals surface area contributed by atoms with Crippen molar-refractivity contribution < 1.29 is 9.13 Å². The molecule has 1 aromatic carbocycles. The van der Waals surface area contributed by atoms with Crippen LogP contribution in [0.5, 0.6) is 5.75 Å². The van der Waals surface area contributed by atoms with Gasteiger partial charge in [-0.25, -0.2) is 4.39 Å². The third kappa shape index (κ3) is 2.97. The topological polar surface area (TPSA) is 35.2 Å². The minimum atomic E-state index is -0.198. The Hall–Kier alpha value is -1.09. The monoisotopic (exact) mass is 237 g/mol. The zero-order valence-electron chi connectivity index (χ0n) is 10.3. The highest BCUT2D eigenvalue weighted by molar-refractivity contribution is 5.34. The molecular weight excluding hydrogens is 217 g/mol. The molecule has 1 fully saturated rings. The van der Waals surface area contributed by atoms with Crippen LogP contribution in [0.25, 0.3) is 0 Å². The van der Waals surface area contributed by atoms with Crippen molar-refractivity contribution in [2.75, 3.05) is 7.11 Å². The van der Waals surface area contributed by atoms with Gasteiger partial charge in [-0.3, -0.25) is 0 Å². The van der Waals surface area contributed by atoms with Gasteiger partial charge in [-0.15, -0.1) is 0 Å². The molecule has 2 unspecified atom stereocenters. The van der Waals surface area contributed by atoms with Gasteiger partial charge >= 0.3 is 0 Å². The molecule has 0 spiro atoms. The van der Waals surface area contributed by atoms with E-state index in [0.29, 0.717) is 12.0 Å². The molecular formula is C14H20FNO. The third-order valence-electron chi connectivity index (χ3n) is 3.74. The first-order valence-electron chi connectivity index (χ1n) is 6.28. The van der Waals surface area contributed by atoms with Crippen LogP contribution in [0.3, 0.4) is 0 Å². The Morgan fingerprint density at radius 3 is 2.88 bits per heavy atom. The highest BCUT2D eigenvalue weighted by Gasteiger charge is 2.23. The minimum absolute atomic E-state index is 0.198. The molecule has 2 atom stereocenters. The van der Waals surface area contributed by atoms with Crippen molar-refractivity contribution in [2.45, 2.75) is 38.1 Å². The lowest BCUT2D eigenvalue weighted by Gasteiger charge is -2.16. The van der Waals surface area contributed by atoms with Crippen molar-refractivity contribution >= 4 is 0 Å². The normalized spacial score (nSPS) is 23.9. The molecule has 3 heteroatoms. The first kappa shape index (κ1) is 12.4. The summed E-state index contributed by atoms with van der Waals surface area (Å²) in [6.07, 6.45) is 5.44. The predicted molar refractivity (Wildman–Crippen MR) is 66.6 cm³/mol. The van der Waals surface area contributed by atoms with Crippen LogP contribution < -0.4 is 10.5 Å². The van der Waals surface area contributed by atoms with E-state index >= 15 is 0 Å². The molecule has 0 saturated heterocycles. The maximum atomic E-state index is 13.2. The molecule has 1 aromatic rings. The van der Waals surface area contributed by atoms with Crippen LogP contribution in [-0.2, 0) is 6.42 Å². The second-order valence-electron chi connectivity index (χ2n) is 4.85. The van der Waals surface area contributed by atoms with Crippen molar-refractivity contribution in [3.05, 3.63) is 29.6 Å². The highest BCUT2D eigenvalue weighted by Crippen LogP contribution is 2.30. The quantitative estimate of drug-likeness (QED) is 0.874. The van der Waals surface area contributed by atoms with Gasteiger partial charge in [0.05, 0.1) is 7.11 Å². The Labute approximate surface area is 102 Å². The van der Waals surface area contributed by atoms with Crippen molar-refractivity contribution in [2.24, 2.45) is 11.7 Å². The van der Waals surface area contributed by atoms with Gasteiger partial charge in [-0.2, -0.15) is 0 Å². The van der Waals surface area contributed by atoms with E-state index in [-0.39, 0.29) is 5.82 Å². The van der Waals surface area contributed by atoms with Crippen LogP contribution in [0.1, 0.15) is 31.2 Å². The Kier molecular flexibility index (Phi) is 4.00. The second kappa shape index (κ2) is 5.50. The van der Waals surface area contributed by atoms with Gasteiger partial charge in [0, 0.05) is 6.04 Å². The zero-order chi connectivity index (χ0) is 12.3. The zero-order valence-corrected chi connectivity index (χ0v) is 10.3. The summed E-state index contributed by atoms with van der Waals surface area (Å²) in [5.74, 6) is 1.16. The van der Waals surface area contributed by atoms with Gasteiger partial charge in [0.25, 0.3) is 0 Å². The van der Waals surface area contributed by atoms with Gasteiger partial charge in [-0.1, -0.05) is 6.42 Å². The number of halogens is 1. The number of ether oxygens (including phenoxy) is 1. The molecule has 0 radical (unpaired) electrons. The Bertz CT molecular complexity index is 380. The van der Waals surface area contributed by atoms with Crippen molar-refractivity contribution in [3.8, 4) is 5.75 Å². The van der Waals surface area contributed by atoms with Crippen LogP contribution in [-0.4, -0.2) is 13.2 Å². The summed E-state index contributed by atoms with van der Waals surface area (Å²) in [5.41, 5.74) is 6.99. The van der Waals surface area contributed by atoms with E-state index in [1.165, 1.54) is 18.9 Å². The number of methoxy groups -OCH3 is 1. The summed E-state index contributed by atoms with van der Waals surface area (Å²) < 4.78 is 18.4. The number of nitrogens with two attached hydrogens (primary N) is 1. The SMILES string of the molecule is COc1ccc(F)cc1CCC1CCCC1N. The van der Waals surface area contributed by atoms with Gasteiger partial charge in [0.2, 0.25) is 0 Å². The third-order valence-corrected chi connectivity index (χ3v) is 3.74. The number of rotatable bonds is 4. The average molecular weight is 237 g/mol. The van der Waals surface area contributed by atoms with E-state index in [2.05, 4.69) is 0 Å². The number of hydrogen-bond donors (Lipinski definition) is 1. The fourth-order valence-corrected chi connectivity index (χ4v) is 2.71. The van der Waals surface area contributed by atoms with Crippen molar-refractivity contribution in [3.63, 3.8) is 0 Å². The molecule has 0 bridgehead atoms. The Balaban J connectivity index is 2.00. The van der Waals surface area contributed by atoms with Crippen LogP contribution in [0.4, 0.5) is 4.39 Å². The maximum Gasteiger partial charge on any atom is 0.123 e. The lowest BCUT2D eigenvalue weighted by atomic mass is 9.95. The molecule has 2 nitrogen and oxygen atoms in total. The second-order valence-corrected chi connectivity index (χ2v) is 4.85. The summed E-state index contributed by atoms with van der Waals surface area (Å²) >= 11 is 0.